The van der Waals surface area contributed by atoms with E-state index in [-0.39, 0.29) is 11.9 Å². The van der Waals surface area contributed by atoms with Gasteiger partial charge in [-0.1, -0.05) is 30.1 Å². The molecule has 2 N–H and O–H groups in total. The maximum atomic E-state index is 11.9. The molecule has 1 unspecified atom stereocenters. The maximum absolute atomic E-state index is 11.9. The lowest BCUT2D eigenvalue weighted by Gasteiger charge is -2.11. The lowest BCUT2D eigenvalue weighted by atomic mass is 10.2. The standard InChI is InChI=1S/C14H17Cl2N3OS/c1-3-8(2)17-13(20)4-5-19-12-7-10(16)9(15)6-11(12)18-14(19)21/h6-8H,3-5H2,1-2H3,(H,17,20)(H,18,21). The summed E-state index contributed by atoms with van der Waals surface area (Å²) in [5.74, 6) is 0.0145. The van der Waals surface area contributed by atoms with Crippen LogP contribution in [-0.4, -0.2) is 21.5 Å². The second-order valence-corrected chi connectivity index (χ2v) is 6.19. The minimum Gasteiger partial charge on any atom is -0.354 e. The smallest absolute Gasteiger partial charge is 0.222 e. The minimum atomic E-state index is 0.0145. The van der Waals surface area contributed by atoms with Crippen LogP contribution in [0.25, 0.3) is 11.0 Å². The van der Waals surface area contributed by atoms with Crippen LogP contribution in [0, 0.1) is 4.77 Å². The third-order valence-electron chi connectivity index (χ3n) is 3.40. The van der Waals surface area contributed by atoms with Crippen molar-refractivity contribution >= 4 is 52.4 Å². The first-order chi connectivity index (χ1) is 9.92. The summed E-state index contributed by atoms with van der Waals surface area (Å²) in [5, 5.41) is 3.88. The highest BCUT2D eigenvalue weighted by molar-refractivity contribution is 7.71. The van der Waals surface area contributed by atoms with Crippen LogP contribution in [0.4, 0.5) is 0 Å². The van der Waals surface area contributed by atoms with E-state index in [1.807, 2.05) is 18.4 Å². The molecule has 4 nitrogen and oxygen atoms in total. The number of carbonyl (C=O) groups is 1. The van der Waals surface area contributed by atoms with Crippen molar-refractivity contribution in [1.82, 2.24) is 14.9 Å². The summed E-state index contributed by atoms with van der Waals surface area (Å²) in [6.45, 7) is 4.52. The van der Waals surface area contributed by atoms with E-state index in [1.165, 1.54) is 0 Å². The number of nitrogens with one attached hydrogen (secondary N) is 2. The van der Waals surface area contributed by atoms with Gasteiger partial charge in [0.15, 0.2) is 4.77 Å². The molecule has 21 heavy (non-hydrogen) atoms. The van der Waals surface area contributed by atoms with Crippen LogP contribution in [0.1, 0.15) is 26.7 Å². The first-order valence-corrected chi connectivity index (χ1v) is 7.95. The lowest BCUT2D eigenvalue weighted by Crippen LogP contribution is -2.32. The number of halogens is 2. The zero-order valence-corrected chi connectivity index (χ0v) is 14.2. The van der Waals surface area contributed by atoms with Gasteiger partial charge in [0.25, 0.3) is 0 Å². The van der Waals surface area contributed by atoms with Crippen molar-refractivity contribution in [1.29, 1.82) is 0 Å². The van der Waals surface area contributed by atoms with Crippen molar-refractivity contribution in [2.24, 2.45) is 0 Å². The van der Waals surface area contributed by atoms with Crippen LogP contribution in [0.15, 0.2) is 12.1 Å². The molecule has 0 fully saturated rings. The van der Waals surface area contributed by atoms with Gasteiger partial charge in [-0.05, 0) is 37.7 Å². The maximum Gasteiger partial charge on any atom is 0.222 e. The Balaban J connectivity index is 2.19. The Morgan fingerprint density at radius 3 is 2.76 bits per heavy atom. The minimum absolute atomic E-state index is 0.0145. The summed E-state index contributed by atoms with van der Waals surface area (Å²) in [6, 6.07) is 3.68. The third-order valence-corrected chi connectivity index (χ3v) is 4.44. The van der Waals surface area contributed by atoms with Crippen LogP contribution in [-0.2, 0) is 11.3 Å². The zero-order chi connectivity index (χ0) is 15.6. The monoisotopic (exact) mass is 345 g/mol. The number of imidazole rings is 1. The summed E-state index contributed by atoms with van der Waals surface area (Å²) < 4.78 is 2.42. The van der Waals surface area contributed by atoms with E-state index in [0.29, 0.717) is 27.8 Å². The molecule has 0 aliphatic carbocycles. The Morgan fingerprint density at radius 2 is 2.10 bits per heavy atom. The largest absolute Gasteiger partial charge is 0.354 e. The van der Waals surface area contributed by atoms with Gasteiger partial charge in [-0.3, -0.25) is 4.79 Å². The zero-order valence-electron chi connectivity index (χ0n) is 11.9. The van der Waals surface area contributed by atoms with Gasteiger partial charge < -0.3 is 14.9 Å². The molecule has 0 saturated carbocycles. The number of carbonyl (C=O) groups excluding carboxylic acids is 1. The summed E-state index contributed by atoms with van der Waals surface area (Å²) in [7, 11) is 0. The van der Waals surface area contributed by atoms with E-state index >= 15 is 0 Å². The van der Waals surface area contributed by atoms with E-state index in [9.17, 15) is 4.79 Å². The van der Waals surface area contributed by atoms with Crippen LogP contribution in [0.5, 0.6) is 0 Å². The highest BCUT2D eigenvalue weighted by atomic mass is 35.5. The number of fused-ring (bicyclic) bond motifs is 1. The first-order valence-electron chi connectivity index (χ1n) is 6.79. The summed E-state index contributed by atoms with van der Waals surface area (Å²) in [6.07, 6.45) is 1.28. The quantitative estimate of drug-likeness (QED) is 0.793. The Morgan fingerprint density at radius 1 is 1.43 bits per heavy atom. The molecule has 1 aromatic carbocycles. The van der Waals surface area contributed by atoms with Crippen LogP contribution < -0.4 is 5.32 Å². The number of H-pyrrole nitrogens is 1. The third kappa shape index (κ3) is 3.78. The first kappa shape index (κ1) is 16.3. The lowest BCUT2D eigenvalue weighted by molar-refractivity contribution is -0.121. The van der Waals surface area contributed by atoms with E-state index in [4.69, 9.17) is 35.4 Å². The van der Waals surface area contributed by atoms with Crippen molar-refractivity contribution in [3.63, 3.8) is 0 Å². The molecule has 1 aromatic heterocycles. The van der Waals surface area contributed by atoms with Gasteiger partial charge in [0.05, 0.1) is 21.1 Å². The fourth-order valence-electron chi connectivity index (χ4n) is 2.04. The molecule has 2 rings (SSSR count). The van der Waals surface area contributed by atoms with E-state index in [0.717, 1.165) is 17.5 Å². The second-order valence-electron chi connectivity index (χ2n) is 4.99. The molecule has 1 heterocycles. The van der Waals surface area contributed by atoms with Gasteiger partial charge in [-0.25, -0.2) is 0 Å². The van der Waals surface area contributed by atoms with Gasteiger partial charge in [-0.2, -0.15) is 0 Å². The molecular formula is C14H17Cl2N3OS. The predicted molar refractivity (Wildman–Crippen MR) is 89.7 cm³/mol. The molecule has 7 heteroatoms. The van der Waals surface area contributed by atoms with Crippen molar-refractivity contribution in [3.8, 4) is 0 Å². The normalized spacial score (nSPS) is 12.6. The predicted octanol–water partition coefficient (Wildman–Crippen LogP) is 4.31. The molecule has 1 atom stereocenters. The fraction of sp³-hybridized carbons (Fsp3) is 0.429. The summed E-state index contributed by atoms with van der Waals surface area (Å²) in [5.41, 5.74) is 1.67. The average Bonchev–Trinajstić information content (AvgIpc) is 2.72. The Kier molecular flexibility index (Phi) is 5.30. The molecule has 0 radical (unpaired) electrons. The van der Waals surface area contributed by atoms with Crippen molar-refractivity contribution in [2.75, 3.05) is 0 Å². The van der Waals surface area contributed by atoms with Gasteiger partial charge >= 0.3 is 0 Å². The molecule has 0 saturated heterocycles. The summed E-state index contributed by atoms with van der Waals surface area (Å²) >= 11 is 17.3. The Hall–Kier alpha value is -1.04. The van der Waals surface area contributed by atoms with E-state index in [1.54, 1.807) is 12.1 Å². The van der Waals surface area contributed by atoms with Gasteiger partial charge in [0, 0.05) is 19.0 Å². The summed E-state index contributed by atoms with van der Waals surface area (Å²) in [4.78, 5) is 14.9. The van der Waals surface area contributed by atoms with Crippen molar-refractivity contribution in [3.05, 3.63) is 26.9 Å². The van der Waals surface area contributed by atoms with E-state index in [2.05, 4.69) is 10.3 Å². The highest BCUT2D eigenvalue weighted by Gasteiger charge is 2.10. The van der Waals surface area contributed by atoms with Gasteiger partial charge in [-0.15, -0.1) is 0 Å². The Bertz CT molecular complexity index is 723. The van der Waals surface area contributed by atoms with Gasteiger partial charge in [0.2, 0.25) is 5.91 Å². The Labute approximate surface area is 138 Å². The fourth-order valence-corrected chi connectivity index (χ4v) is 2.66. The average molecular weight is 346 g/mol. The van der Waals surface area contributed by atoms with Crippen LogP contribution in [0.2, 0.25) is 10.0 Å². The van der Waals surface area contributed by atoms with Crippen LogP contribution >= 0.6 is 35.4 Å². The van der Waals surface area contributed by atoms with E-state index < -0.39 is 0 Å². The van der Waals surface area contributed by atoms with Crippen molar-refractivity contribution < 1.29 is 4.79 Å². The number of aromatic amines is 1. The number of amides is 1. The molecule has 0 aliphatic heterocycles. The highest BCUT2D eigenvalue weighted by Crippen LogP contribution is 2.27. The number of nitrogens with zero attached hydrogens (tertiary/aromatic N) is 1. The molecule has 0 aliphatic rings. The topological polar surface area (TPSA) is 49.8 Å². The van der Waals surface area contributed by atoms with Gasteiger partial charge in [0.1, 0.15) is 0 Å². The van der Waals surface area contributed by atoms with Crippen molar-refractivity contribution in [2.45, 2.75) is 39.3 Å². The number of hydrogen-bond acceptors (Lipinski definition) is 2. The number of aryl methyl sites for hydroxylation is 1. The molecule has 1 amide bonds. The second kappa shape index (κ2) is 6.81. The number of hydrogen-bond donors (Lipinski definition) is 2. The number of benzene rings is 1. The SMILES string of the molecule is CCC(C)NC(=O)CCn1c(=S)[nH]c2cc(Cl)c(Cl)cc21. The molecular weight excluding hydrogens is 329 g/mol. The molecule has 0 spiro atoms. The molecule has 0 bridgehead atoms. The molecule has 2 aromatic rings. The number of aromatic nitrogens is 2. The number of rotatable bonds is 5. The van der Waals surface area contributed by atoms with Crippen LogP contribution in [0.3, 0.4) is 0 Å². The molecule has 114 valence electrons.